The number of benzene rings is 1. The fourth-order valence-electron chi connectivity index (χ4n) is 4.23. The molecule has 0 aromatic heterocycles. The molecule has 6 nitrogen and oxygen atoms in total. The van der Waals surface area contributed by atoms with Crippen molar-refractivity contribution in [3.05, 3.63) is 30.1 Å². The number of carbonyl (C=O) groups is 1. The van der Waals surface area contributed by atoms with Gasteiger partial charge in [0.1, 0.15) is 5.82 Å². The normalized spacial score (nSPS) is 26.0. The lowest BCUT2D eigenvalue weighted by atomic mass is 9.86. The first kappa shape index (κ1) is 21.2. The van der Waals surface area contributed by atoms with E-state index >= 15 is 0 Å². The highest BCUT2D eigenvalue weighted by molar-refractivity contribution is 7.89. The Balaban J connectivity index is 1.55. The van der Waals surface area contributed by atoms with Crippen LogP contribution in [0.5, 0.6) is 0 Å². The van der Waals surface area contributed by atoms with E-state index in [1.165, 1.54) is 22.9 Å². The van der Waals surface area contributed by atoms with Crippen molar-refractivity contribution in [3.8, 4) is 0 Å². The molecule has 8 heteroatoms. The van der Waals surface area contributed by atoms with E-state index < -0.39 is 15.8 Å². The van der Waals surface area contributed by atoms with Gasteiger partial charge >= 0.3 is 0 Å². The van der Waals surface area contributed by atoms with Crippen LogP contribution >= 0.6 is 0 Å². The van der Waals surface area contributed by atoms with Gasteiger partial charge in [0.2, 0.25) is 10.0 Å². The summed E-state index contributed by atoms with van der Waals surface area (Å²) < 4.78 is 39.9. The van der Waals surface area contributed by atoms with Gasteiger partial charge in [-0.25, -0.2) is 12.8 Å². The molecule has 2 N–H and O–H groups in total. The van der Waals surface area contributed by atoms with Crippen molar-refractivity contribution in [2.75, 3.05) is 26.2 Å². The molecule has 2 aliphatic rings. The molecule has 1 aliphatic heterocycles. The summed E-state index contributed by atoms with van der Waals surface area (Å²) in [5.74, 6) is 0.113. The first-order valence-electron chi connectivity index (χ1n) is 10.2. The lowest BCUT2D eigenvalue weighted by molar-refractivity contribution is -0.917. The number of quaternary nitrogens is 1. The monoisotopic (exact) mass is 412 g/mol. The number of hydrogen-bond donors (Lipinski definition) is 2. The van der Waals surface area contributed by atoms with Crippen LogP contribution in [0.1, 0.15) is 39.5 Å². The predicted molar refractivity (Wildman–Crippen MR) is 105 cm³/mol. The highest BCUT2D eigenvalue weighted by atomic mass is 32.2. The zero-order chi connectivity index (χ0) is 20.3. The van der Waals surface area contributed by atoms with Crippen LogP contribution in [-0.4, -0.2) is 56.9 Å². The molecule has 1 amide bonds. The molecule has 1 aromatic rings. The standard InChI is InChI=1S/C20H30FN3O3S/c1-15-5-3-4-6-19(15)22-20(25)16(2)23-11-13-24(14-12-23)28(26,27)18-9-7-17(21)8-10-18/h7-10,15-16,19H,3-6,11-14H2,1-2H3,(H,22,25)/p+1/t15-,16-,19+/m1/s1. The third-order valence-corrected chi connectivity index (χ3v) is 8.17. The minimum absolute atomic E-state index is 0.0589. The van der Waals surface area contributed by atoms with Crippen LogP contribution in [0.25, 0.3) is 0 Å². The van der Waals surface area contributed by atoms with E-state index in [9.17, 15) is 17.6 Å². The molecule has 3 atom stereocenters. The number of sulfonamides is 1. The minimum atomic E-state index is -3.63. The quantitative estimate of drug-likeness (QED) is 0.752. The van der Waals surface area contributed by atoms with Crippen molar-refractivity contribution < 1.29 is 22.5 Å². The van der Waals surface area contributed by atoms with Gasteiger partial charge in [-0.05, 0) is 49.9 Å². The molecule has 1 heterocycles. The van der Waals surface area contributed by atoms with Gasteiger partial charge in [-0.2, -0.15) is 4.31 Å². The number of amides is 1. The summed E-state index contributed by atoms with van der Waals surface area (Å²) in [5.41, 5.74) is 0. The average Bonchev–Trinajstić information content (AvgIpc) is 2.69. The van der Waals surface area contributed by atoms with Crippen molar-refractivity contribution >= 4 is 15.9 Å². The summed E-state index contributed by atoms with van der Waals surface area (Å²) >= 11 is 0. The second kappa shape index (κ2) is 8.88. The highest BCUT2D eigenvalue weighted by Gasteiger charge is 2.35. The van der Waals surface area contributed by atoms with E-state index in [1.54, 1.807) is 0 Å². The second-order valence-electron chi connectivity index (χ2n) is 8.11. The third kappa shape index (κ3) is 4.72. The van der Waals surface area contributed by atoms with Crippen molar-refractivity contribution in [2.24, 2.45) is 5.92 Å². The van der Waals surface area contributed by atoms with Gasteiger partial charge in [-0.3, -0.25) is 4.79 Å². The maximum Gasteiger partial charge on any atom is 0.278 e. The summed E-state index contributed by atoms with van der Waals surface area (Å²) in [4.78, 5) is 13.9. The molecule has 1 saturated carbocycles. The zero-order valence-corrected chi connectivity index (χ0v) is 17.5. The highest BCUT2D eigenvalue weighted by Crippen LogP contribution is 2.23. The predicted octanol–water partition coefficient (Wildman–Crippen LogP) is 0.798. The number of piperazine rings is 1. The topological polar surface area (TPSA) is 70.9 Å². The van der Waals surface area contributed by atoms with Gasteiger partial charge in [0, 0.05) is 6.04 Å². The number of halogens is 1. The van der Waals surface area contributed by atoms with Crippen LogP contribution in [0.15, 0.2) is 29.2 Å². The Labute approximate surface area is 167 Å². The van der Waals surface area contributed by atoms with E-state index in [0.29, 0.717) is 32.1 Å². The molecular weight excluding hydrogens is 381 g/mol. The van der Waals surface area contributed by atoms with E-state index in [1.807, 2.05) is 6.92 Å². The fourth-order valence-corrected chi connectivity index (χ4v) is 5.67. The molecule has 1 aromatic carbocycles. The van der Waals surface area contributed by atoms with Gasteiger partial charge in [0.15, 0.2) is 6.04 Å². The van der Waals surface area contributed by atoms with E-state index in [4.69, 9.17) is 0 Å². The van der Waals surface area contributed by atoms with Crippen molar-refractivity contribution in [2.45, 2.75) is 56.5 Å². The molecule has 156 valence electrons. The molecule has 0 bridgehead atoms. The summed E-state index contributed by atoms with van der Waals surface area (Å²) in [7, 11) is -3.63. The first-order chi connectivity index (χ1) is 13.3. The van der Waals surface area contributed by atoms with Gasteiger partial charge in [0.25, 0.3) is 5.91 Å². The maximum absolute atomic E-state index is 13.1. The van der Waals surface area contributed by atoms with Crippen molar-refractivity contribution in [1.29, 1.82) is 0 Å². The molecule has 28 heavy (non-hydrogen) atoms. The smallest absolute Gasteiger partial charge is 0.278 e. The van der Waals surface area contributed by atoms with Crippen LogP contribution in [0.3, 0.4) is 0 Å². The van der Waals surface area contributed by atoms with Crippen LogP contribution in [0, 0.1) is 11.7 Å². The van der Waals surface area contributed by atoms with Gasteiger partial charge < -0.3 is 10.2 Å². The third-order valence-electron chi connectivity index (χ3n) is 6.26. The first-order valence-corrected chi connectivity index (χ1v) is 11.6. The molecule has 2 fully saturated rings. The van der Waals surface area contributed by atoms with Crippen LogP contribution in [0.2, 0.25) is 0 Å². The summed E-state index contributed by atoms with van der Waals surface area (Å²) in [6.45, 7) is 5.98. The van der Waals surface area contributed by atoms with Gasteiger partial charge in [-0.1, -0.05) is 19.8 Å². The lowest BCUT2D eigenvalue weighted by Gasteiger charge is -2.35. The Morgan fingerprint density at radius 2 is 1.79 bits per heavy atom. The Kier molecular flexibility index (Phi) is 6.73. The van der Waals surface area contributed by atoms with Crippen LogP contribution in [0.4, 0.5) is 4.39 Å². The van der Waals surface area contributed by atoms with Gasteiger partial charge in [0.05, 0.1) is 31.1 Å². The Hall–Kier alpha value is -1.51. The van der Waals surface area contributed by atoms with Crippen LogP contribution in [-0.2, 0) is 14.8 Å². The SMILES string of the molecule is C[C@@H]1CCCC[C@@H]1NC(=O)[C@@H](C)[NH+]1CCN(S(=O)(=O)c2ccc(F)cc2)CC1. The number of carbonyl (C=O) groups excluding carboxylic acids is 1. The van der Waals surface area contributed by atoms with Crippen molar-refractivity contribution in [1.82, 2.24) is 9.62 Å². The summed E-state index contributed by atoms with van der Waals surface area (Å²) in [6, 6.07) is 4.96. The number of hydrogen-bond acceptors (Lipinski definition) is 3. The van der Waals surface area contributed by atoms with Gasteiger partial charge in [-0.15, -0.1) is 0 Å². The Morgan fingerprint density at radius 1 is 1.18 bits per heavy atom. The molecule has 0 spiro atoms. The summed E-state index contributed by atoms with van der Waals surface area (Å²) in [6.07, 6.45) is 4.60. The summed E-state index contributed by atoms with van der Waals surface area (Å²) in [5, 5.41) is 3.21. The maximum atomic E-state index is 13.1. The lowest BCUT2D eigenvalue weighted by Crippen LogP contribution is -3.19. The largest absolute Gasteiger partial charge is 0.348 e. The Morgan fingerprint density at radius 3 is 2.39 bits per heavy atom. The van der Waals surface area contributed by atoms with Crippen LogP contribution < -0.4 is 10.2 Å². The molecular formula is C20H31FN3O3S+. The molecule has 0 radical (unpaired) electrons. The fraction of sp³-hybridized carbons (Fsp3) is 0.650. The minimum Gasteiger partial charge on any atom is -0.348 e. The molecule has 1 saturated heterocycles. The van der Waals surface area contributed by atoms with E-state index in [2.05, 4.69) is 12.2 Å². The number of rotatable bonds is 5. The van der Waals surface area contributed by atoms with Crippen molar-refractivity contribution in [3.63, 3.8) is 0 Å². The second-order valence-corrected chi connectivity index (χ2v) is 10.1. The Bertz CT molecular complexity index is 776. The zero-order valence-electron chi connectivity index (χ0n) is 16.7. The van der Waals surface area contributed by atoms with E-state index in [-0.39, 0.29) is 22.9 Å². The molecule has 0 unspecified atom stereocenters. The average molecular weight is 413 g/mol. The van der Waals surface area contributed by atoms with E-state index in [0.717, 1.165) is 36.3 Å². The molecule has 3 rings (SSSR count). The number of nitrogens with one attached hydrogen (secondary N) is 2. The number of nitrogens with zero attached hydrogens (tertiary/aromatic N) is 1. The molecule has 1 aliphatic carbocycles.